The van der Waals surface area contributed by atoms with Gasteiger partial charge in [0.15, 0.2) is 5.15 Å². The molecule has 2 aromatic rings. The Hall–Kier alpha value is -1.79. The molecule has 0 bridgehead atoms. The second-order valence-electron chi connectivity index (χ2n) is 3.62. The molecule has 0 amide bonds. The van der Waals surface area contributed by atoms with Crippen LogP contribution in [0, 0.1) is 0 Å². The molecule has 0 aliphatic rings. The van der Waals surface area contributed by atoms with Crippen molar-refractivity contribution in [3.63, 3.8) is 0 Å². The smallest absolute Gasteiger partial charge is 0.261 e. The van der Waals surface area contributed by atoms with Crippen LogP contribution in [0.25, 0.3) is 0 Å². The SMILES string of the molecule is COc1ccc(S(=O)(=O)Nc2cccnc2Cl)cc1. The number of halogens is 1. The van der Waals surface area contributed by atoms with Crippen LogP contribution in [0.5, 0.6) is 5.75 Å². The molecular formula is C12H11ClN2O3S. The number of rotatable bonds is 4. The van der Waals surface area contributed by atoms with Gasteiger partial charge < -0.3 is 4.74 Å². The molecule has 1 aromatic heterocycles. The molecule has 1 N–H and O–H groups in total. The Labute approximate surface area is 116 Å². The molecule has 1 aromatic carbocycles. The normalized spacial score (nSPS) is 11.1. The Morgan fingerprint density at radius 1 is 1.21 bits per heavy atom. The molecule has 100 valence electrons. The fraction of sp³-hybridized carbons (Fsp3) is 0.0833. The lowest BCUT2D eigenvalue weighted by molar-refractivity contribution is 0.414. The number of sulfonamides is 1. The first kappa shape index (κ1) is 13.6. The van der Waals surface area contributed by atoms with Crippen molar-refractivity contribution in [2.75, 3.05) is 11.8 Å². The summed E-state index contributed by atoms with van der Waals surface area (Å²) >= 11 is 5.81. The van der Waals surface area contributed by atoms with Gasteiger partial charge >= 0.3 is 0 Å². The fourth-order valence-corrected chi connectivity index (χ4v) is 2.71. The van der Waals surface area contributed by atoms with E-state index in [9.17, 15) is 8.42 Å². The lowest BCUT2D eigenvalue weighted by Crippen LogP contribution is -2.13. The molecule has 0 unspecified atom stereocenters. The standard InChI is InChI=1S/C12H11ClN2O3S/c1-18-9-4-6-10(7-5-9)19(16,17)15-11-3-2-8-14-12(11)13/h2-8,15H,1H3. The van der Waals surface area contributed by atoms with Crippen LogP contribution < -0.4 is 9.46 Å². The van der Waals surface area contributed by atoms with Gasteiger partial charge in [0.25, 0.3) is 10.0 Å². The molecule has 0 aliphatic heterocycles. The first-order chi connectivity index (χ1) is 9.03. The van der Waals surface area contributed by atoms with E-state index in [1.54, 1.807) is 18.2 Å². The monoisotopic (exact) mass is 298 g/mol. The molecule has 5 nitrogen and oxygen atoms in total. The number of pyridine rings is 1. The number of nitrogens with one attached hydrogen (secondary N) is 1. The summed E-state index contributed by atoms with van der Waals surface area (Å²) in [6.45, 7) is 0. The second kappa shape index (κ2) is 5.46. The number of ether oxygens (including phenoxy) is 1. The largest absolute Gasteiger partial charge is 0.497 e. The van der Waals surface area contributed by atoms with Gasteiger partial charge in [-0.3, -0.25) is 4.72 Å². The van der Waals surface area contributed by atoms with E-state index in [2.05, 4.69) is 9.71 Å². The molecule has 2 rings (SSSR count). The average Bonchev–Trinajstić information content (AvgIpc) is 2.41. The highest BCUT2D eigenvalue weighted by atomic mass is 35.5. The molecule has 0 radical (unpaired) electrons. The Bertz CT molecular complexity index is 672. The summed E-state index contributed by atoms with van der Waals surface area (Å²) in [7, 11) is -2.18. The summed E-state index contributed by atoms with van der Waals surface area (Å²) in [6.07, 6.45) is 1.48. The van der Waals surface area contributed by atoms with Crippen LogP contribution >= 0.6 is 11.6 Å². The molecule has 0 atom stereocenters. The van der Waals surface area contributed by atoms with E-state index >= 15 is 0 Å². The second-order valence-corrected chi connectivity index (χ2v) is 5.66. The summed E-state index contributed by atoms with van der Waals surface area (Å²) < 4.78 is 31.6. The molecule has 7 heteroatoms. The summed E-state index contributed by atoms with van der Waals surface area (Å²) in [5.41, 5.74) is 0.236. The molecule has 0 aliphatic carbocycles. The number of hydrogen-bond acceptors (Lipinski definition) is 4. The van der Waals surface area contributed by atoms with Crippen LogP contribution in [0.3, 0.4) is 0 Å². The van der Waals surface area contributed by atoms with Crippen LogP contribution in [-0.4, -0.2) is 20.5 Å². The van der Waals surface area contributed by atoms with E-state index in [1.807, 2.05) is 0 Å². The van der Waals surface area contributed by atoms with Crippen molar-refractivity contribution >= 4 is 27.3 Å². The molecule has 1 heterocycles. The van der Waals surface area contributed by atoms with E-state index in [-0.39, 0.29) is 15.7 Å². The Kier molecular flexibility index (Phi) is 3.92. The summed E-state index contributed by atoms with van der Waals surface area (Å²) in [6, 6.07) is 9.17. The first-order valence-corrected chi connectivity index (χ1v) is 7.16. The molecule has 0 fully saturated rings. The van der Waals surface area contributed by atoms with Gasteiger partial charge in [0, 0.05) is 6.20 Å². The maximum absolute atomic E-state index is 12.1. The molecule has 0 saturated heterocycles. The number of nitrogens with zero attached hydrogens (tertiary/aromatic N) is 1. The van der Waals surface area contributed by atoms with Gasteiger partial charge in [0.05, 0.1) is 17.7 Å². The first-order valence-electron chi connectivity index (χ1n) is 5.30. The van der Waals surface area contributed by atoms with Crippen molar-refractivity contribution in [3.8, 4) is 5.75 Å². The lowest BCUT2D eigenvalue weighted by atomic mass is 10.3. The van der Waals surface area contributed by atoms with Crippen LogP contribution in [0.1, 0.15) is 0 Å². The third-order valence-electron chi connectivity index (χ3n) is 2.37. The number of anilines is 1. The van der Waals surface area contributed by atoms with Crippen molar-refractivity contribution in [2.24, 2.45) is 0 Å². The van der Waals surface area contributed by atoms with Crippen LogP contribution in [0.15, 0.2) is 47.5 Å². The summed E-state index contributed by atoms with van der Waals surface area (Å²) in [5.74, 6) is 0.582. The van der Waals surface area contributed by atoms with Crippen molar-refractivity contribution in [1.29, 1.82) is 0 Å². The molecular weight excluding hydrogens is 288 g/mol. The van der Waals surface area contributed by atoms with Gasteiger partial charge in [-0.1, -0.05) is 11.6 Å². The highest BCUT2D eigenvalue weighted by molar-refractivity contribution is 7.92. The summed E-state index contributed by atoms with van der Waals surface area (Å²) in [4.78, 5) is 3.92. The van der Waals surface area contributed by atoms with Gasteiger partial charge in [-0.25, -0.2) is 13.4 Å². The van der Waals surface area contributed by atoms with Crippen molar-refractivity contribution in [2.45, 2.75) is 4.90 Å². The number of hydrogen-bond donors (Lipinski definition) is 1. The Balaban J connectivity index is 2.30. The number of methoxy groups -OCH3 is 1. The number of aromatic nitrogens is 1. The van der Waals surface area contributed by atoms with Crippen molar-refractivity contribution < 1.29 is 13.2 Å². The topological polar surface area (TPSA) is 68.3 Å². The van der Waals surface area contributed by atoms with Gasteiger partial charge in [0.2, 0.25) is 0 Å². The fourth-order valence-electron chi connectivity index (χ4n) is 1.42. The molecule has 0 saturated carbocycles. The van der Waals surface area contributed by atoms with Gasteiger partial charge in [-0.05, 0) is 36.4 Å². The minimum absolute atomic E-state index is 0.0968. The van der Waals surface area contributed by atoms with Gasteiger partial charge in [-0.2, -0.15) is 0 Å². The molecule has 0 spiro atoms. The van der Waals surface area contributed by atoms with Crippen LogP contribution in [0.4, 0.5) is 5.69 Å². The Morgan fingerprint density at radius 2 is 1.89 bits per heavy atom. The maximum atomic E-state index is 12.1. The average molecular weight is 299 g/mol. The highest BCUT2D eigenvalue weighted by Crippen LogP contribution is 2.22. The predicted octanol–water partition coefficient (Wildman–Crippen LogP) is 2.54. The van der Waals surface area contributed by atoms with Crippen LogP contribution in [-0.2, 0) is 10.0 Å². The van der Waals surface area contributed by atoms with Gasteiger partial charge in [0.1, 0.15) is 5.75 Å². The third-order valence-corrected chi connectivity index (χ3v) is 4.06. The van der Waals surface area contributed by atoms with E-state index in [4.69, 9.17) is 16.3 Å². The minimum atomic E-state index is -3.69. The zero-order valence-corrected chi connectivity index (χ0v) is 11.6. The van der Waals surface area contributed by atoms with E-state index in [0.717, 1.165) is 0 Å². The predicted molar refractivity (Wildman–Crippen MR) is 73.0 cm³/mol. The van der Waals surface area contributed by atoms with E-state index in [1.165, 1.54) is 31.5 Å². The third kappa shape index (κ3) is 3.15. The maximum Gasteiger partial charge on any atom is 0.261 e. The highest BCUT2D eigenvalue weighted by Gasteiger charge is 2.15. The minimum Gasteiger partial charge on any atom is -0.497 e. The zero-order valence-electron chi connectivity index (χ0n) is 10.00. The van der Waals surface area contributed by atoms with E-state index < -0.39 is 10.0 Å². The van der Waals surface area contributed by atoms with Gasteiger partial charge in [-0.15, -0.1) is 0 Å². The Morgan fingerprint density at radius 3 is 2.47 bits per heavy atom. The van der Waals surface area contributed by atoms with Crippen LogP contribution in [0.2, 0.25) is 5.15 Å². The van der Waals surface area contributed by atoms with Crippen molar-refractivity contribution in [3.05, 3.63) is 47.7 Å². The lowest BCUT2D eigenvalue weighted by Gasteiger charge is -2.09. The molecule has 19 heavy (non-hydrogen) atoms. The quantitative estimate of drug-likeness (QED) is 0.881. The number of benzene rings is 1. The zero-order chi connectivity index (χ0) is 13.9. The van der Waals surface area contributed by atoms with E-state index in [0.29, 0.717) is 5.75 Å². The summed E-state index contributed by atoms with van der Waals surface area (Å²) in [5, 5.41) is 0.0968. The van der Waals surface area contributed by atoms with Crippen molar-refractivity contribution in [1.82, 2.24) is 4.98 Å².